The molecule has 0 bridgehead atoms. The molecule has 88 valence electrons. The third kappa shape index (κ3) is 3.19. The Morgan fingerprint density at radius 1 is 1.25 bits per heavy atom. The van der Waals surface area contributed by atoms with E-state index in [1.54, 1.807) is 6.92 Å². The van der Waals surface area contributed by atoms with Crippen LogP contribution in [0.2, 0.25) is 0 Å². The van der Waals surface area contributed by atoms with Crippen molar-refractivity contribution in [2.24, 2.45) is 11.8 Å². The Hall–Kier alpha value is -1.11. The fourth-order valence-corrected chi connectivity index (χ4v) is 2.11. The van der Waals surface area contributed by atoms with Gasteiger partial charge in [0.25, 0.3) is 0 Å². The molecular formula is C15H22O. The average Bonchev–Trinajstić information content (AvgIpc) is 2.18. The maximum Gasteiger partial charge on any atom is 0.133 e. The van der Waals surface area contributed by atoms with E-state index in [1.165, 1.54) is 16.7 Å². The van der Waals surface area contributed by atoms with Crippen LogP contribution in [0.1, 0.15) is 37.5 Å². The molecule has 0 N–H and O–H groups in total. The van der Waals surface area contributed by atoms with E-state index < -0.39 is 0 Å². The average molecular weight is 218 g/mol. The first-order valence-electron chi connectivity index (χ1n) is 5.98. The monoisotopic (exact) mass is 218 g/mol. The normalized spacial score (nSPS) is 12.9. The van der Waals surface area contributed by atoms with E-state index in [9.17, 15) is 4.79 Å². The number of carbonyl (C=O) groups is 1. The Morgan fingerprint density at radius 3 is 2.38 bits per heavy atom. The van der Waals surface area contributed by atoms with Crippen LogP contribution in [0.4, 0.5) is 0 Å². The van der Waals surface area contributed by atoms with E-state index in [-0.39, 0.29) is 5.92 Å². The Kier molecular flexibility index (Phi) is 4.28. The van der Waals surface area contributed by atoms with Crippen molar-refractivity contribution in [3.05, 3.63) is 34.9 Å². The molecule has 0 amide bonds. The smallest absolute Gasteiger partial charge is 0.133 e. The van der Waals surface area contributed by atoms with E-state index in [0.717, 1.165) is 6.42 Å². The van der Waals surface area contributed by atoms with Gasteiger partial charge in [-0.05, 0) is 44.2 Å². The third-order valence-electron chi connectivity index (χ3n) is 3.27. The highest BCUT2D eigenvalue weighted by Gasteiger charge is 2.19. The van der Waals surface area contributed by atoms with E-state index in [4.69, 9.17) is 0 Å². The number of ketones is 1. The number of benzene rings is 1. The molecule has 0 aliphatic carbocycles. The van der Waals surface area contributed by atoms with Crippen LogP contribution in [0, 0.1) is 25.7 Å². The lowest BCUT2D eigenvalue weighted by molar-refractivity contribution is -0.121. The van der Waals surface area contributed by atoms with Crippen LogP contribution in [0.5, 0.6) is 0 Å². The Morgan fingerprint density at radius 2 is 1.88 bits per heavy atom. The zero-order chi connectivity index (χ0) is 12.3. The van der Waals surface area contributed by atoms with Crippen molar-refractivity contribution in [1.29, 1.82) is 0 Å². The lowest BCUT2D eigenvalue weighted by atomic mass is 9.85. The van der Waals surface area contributed by atoms with Gasteiger partial charge in [-0.2, -0.15) is 0 Å². The Labute approximate surface area is 98.9 Å². The van der Waals surface area contributed by atoms with Gasteiger partial charge in [-0.3, -0.25) is 4.79 Å². The van der Waals surface area contributed by atoms with Crippen LogP contribution in [-0.2, 0) is 11.2 Å². The lowest BCUT2D eigenvalue weighted by Crippen LogP contribution is -2.20. The summed E-state index contributed by atoms with van der Waals surface area (Å²) in [6, 6.07) is 6.47. The summed E-state index contributed by atoms with van der Waals surface area (Å²) < 4.78 is 0. The topological polar surface area (TPSA) is 17.1 Å². The first kappa shape index (κ1) is 13.0. The molecule has 1 nitrogen and oxygen atoms in total. The van der Waals surface area contributed by atoms with Crippen LogP contribution in [-0.4, -0.2) is 5.78 Å². The summed E-state index contributed by atoms with van der Waals surface area (Å²) in [6.45, 7) is 10.2. The zero-order valence-corrected chi connectivity index (χ0v) is 11.0. The molecule has 1 heteroatoms. The maximum absolute atomic E-state index is 11.6. The van der Waals surface area contributed by atoms with Gasteiger partial charge in [-0.25, -0.2) is 0 Å². The van der Waals surface area contributed by atoms with Gasteiger partial charge in [0.05, 0.1) is 0 Å². The Balaban J connectivity index is 2.93. The second-order valence-electron chi connectivity index (χ2n) is 5.10. The van der Waals surface area contributed by atoms with Crippen molar-refractivity contribution in [1.82, 2.24) is 0 Å². The van der Waals surface area contributed by atoms with Gasteiger partial charge in [0.15, 0.2) is 0 Å². The number of Topliss-reactive ketones (excluding diaryl/α,β-unsaturated/α-hetero) is 1. The second-order valence-corrected chi connectivity index (χ2v) is 5.10. The van der Waals surface area contributed by atoms with Crippen molar-refractivity contribution in [3.8, 4) is 0 Å². The number of aryl methyl sites for hydroxylation is 2. The van der Waals surface area contributed by atoms with E-state index in [1.807, 2.05) is 0 Å². The molecular weight excluding hydrogens is 196 g/mol. The molecule has 0 aromatic heterocycles. The Bertz CT molecular complexity index is 377. The molecule has 1 aromatic rings. The first-order chi connectivity index (χ1) is 7.41. The third-order valence-corrected chi connectivity index (χ3v) is 3.27. The predicted octanol–water partition coefficient (Wildman–Crippen LogP) is 3.71. The number of hydrogen-bond acceptors (Lipinski definition) is 1. The van der Waals surface area contributed by atoms with Crippen molar-refractivity contribution in [2.75, 3.05) is 0 Å². The van der Waals surface area contributed by atoms with Gasteiger partial charge in [0.1, 0.15) is 5.78 Å². The molecule has 1 aromatic carbocycles. The minimum atomic E-state index is 0.153. The standard InChI is InChI=1S/C15H22O/c1-10(2)15(13(5)16)9-14-8-11(3)6-7-12(14)4/h6-8,10,15H,9H2,1-5H3. The van der Waals surface area contributed by atoms with Gasteiger partial charge < -0.3 is 0 Å². The molecule has 0 aliphatic heterocycles. The van der Waals surface area contributed by atoms with Crippen LogP contribution in [0.25, 0.3) is 0 Å². The fraction of sp³-hybridized carbons (Fsp3) is 0.533. The van der Waals surface area contributed by atoms with Crippen molar-refractivity contribution < 1.29 is 4.79 Å². The molecule has 0 heterocycles. The lowest BCUT2D eigenvalue weighted by Gasteiger charge is -2.19. The molecule has 0 saturated heterocycles. The SMILES string of the molecule is CC(=O)C(Cc1cc(C)ccc1C)C(C)C. The molecule has 0 saturated carbocycles. The van der Waals surface area contributed by atoms with E-state index in [2.05, 4.69) is 45.9 Å². The van der Waals surface area contributed by atoms with Crippen LogP contribution in [0.3, 0.4) is 0 Å². The van der Waals surface area contributed by atoms with Crippen LogP contribution in [0.15, 0.2) is 18.2 Å². The second kappa shape index (κ2) is 5.29. The van der Waals surface area contributed by atoms with Crippen molar-refractivity contribution in [3.63, 3.8) is 0 Å². The maximum atomic E-state index is 11.6. The molecule has 1 atom stereocenters. The highest BCUT2D eigenvalue weighted by molar-refractivity contribution is 5.78. The van der Waals surface area contributed by atoms with Crippen molar-refractivity contribution in [2.45, 2.75) is 41.0 Å². The summed E-state index contributed by atoms with van der Waals surface area (Å²) in [5.74, 6) is 0.869. The largest absolute Gasteiger partial charge is 0.300 e. The van der Waals surface area contributed by atoms with E-state index in [0.29, 0.717) is 11.7 Å². The van der Waals surface area contributed by atoms with Crippen molar-refractivity contribution >= 4 is 5.78 Å². The molecule has 0 radical (unpaired) electrons. The summed E-state index contributed by atoms with van der Waals surface area (Å²) in [5, 5.41) is 0. The van der Waals surface area contributed by atoms with Gasteiger partial charge in [-0.1, -0.05) is 37.6 Å². The summed E-state index contributed by atoms with van der Waals surface area (Å²) in [5.41, 5.74) is 3.87. The fourth-order valence-electron chi connectivity index (χ4n) is 2.11. The summed E-state index contributed by atoms with van der Waals surface area (Å²) in [7, 11) is 0. The van der Waals surface area contributed by atoms with Crippen LogP contribution >= 0.6 is 0 Å². The molecule has 0 fully saturated rings. The highest BCUT2D eigenvalue weighted by atomic mass is 16.1. The number of carbonyl (C=O) groups excluding carboxylic acids is 1. The minimum Gasteiger partial charge on any atom is -0.300 e. The summed E-state index contributed by atoms with van der Waals surface area (Å²) >= 11 is 0. The first-order valence-corrected chi connectivity index (χ1v) is 5.98. The minimum absolute atomic E-state index is 0.153. The quantitative estimate of drug-likeness (QED) is 0.753. The zero-order valence-electron chi connectivity index (χ0n) is 11.0. The van der Waals surface area contributed by atoms with Gasteiger partial charge >= 0.3 is 0 Å². The highest BCUT2D eigenvalue weighted by Crippen LogP contribution is 2.21. The number of hydrogen-bond donors (Lipinski definition) is 0. The van der Waals surface area contributed by atoms with Gasteiger partial charge in [0.2, 0.25) is 0 Å². The molecule has 1 rings (SSSR count). The molecule has 0 aliphatic rings. The van der Waals surface area contributed by atoms with Gasteiger partial charge in [0, 0.05) is 5.92 Å². The number of rotatable bonds is 4. The summed E-state index contributed by atoms with van der Waals surface area (Å²) in [6.07, 6.45) is 0.876. The van der Waals surface area contributed by atoms with E-state index >= 15 is 0 Å². The predicted molar refractivity (Wildman–Crippen MR) is 68.6 cm³/mol. The summed E-state index contributed by atoms with van der Waals surface area (Å²) in [4.78, 5) is 11.6. The molecule has 16 heavy (non-hydrogen) atoms. The molecule has 0 spiro atoms. The van der Waals surface area contributed by atoms with Crippen LogP contribution < -0.4 is 0 Å². The molecule has 1 unspecified atom stereocenters. The van der Waals surface area contributed by atoms with Gasteiger partial charge in [-0.15, -0.1) is 0 Å².